The summed E-state index contributed by atoms with van der Waals surface area (Å²) in [4.78, 5) is 8.12. The van der Waals surface area contributed by atoms with Crippen molar-refractivity contribution < 1.29 is 22.9 Å². The van der Waals surface area contributed by atoms with Crippen molar-refractivity contribution in [3.8, 4) is 0 Å². The zero-order valence-electron chi connectivity index (χ0n) is 3.44. The molecule has 0 aromatic heterocycles. The van der Waals surface area contributed by atoms with Crippen LogP contribution in [0.15, 0.2) is 0 Å². The monoisotopic (exact) mass is 229 g/mol. The van der Waals surface area contributed by atoms with Gasteiger partial charge in [0.05, 0.1) is 0 Å². The molecule has 0 aliphatic carbocycles. The average molecular weight is 229 g/mol. The molecule has 0 saturated carbocycles. The van der Waals surface area contributed by atoms with Crippen LogP contribution in [0.1, 0.15) is 0 Å². The van der Waals surface area contributed by atoms with Crippen LogP contribution >= 0.6 is 0 Å². The Morgan fingerprint density at radius 3 is 1.20 bits per heavy atom. The first-order valence-electron chi connectivity index (χ1n) is 1.11. The SMILES string of the molecule is O=S(=O)(O)O.O=[NH+][O-].[CaH2].[CaH2]. The van der Waals surface area contributed by atoms with E-state index in [-0.39, 0.29) is 80.8 Å². The molecule has 0 spiro atoms. The Kier molecular flexibility index (Phi) is 30.3. The fourth-order valence-electron chi connectivity index (χ4n) is 0. The molecule has 0 aromatic rings. The molecule has 0 rings (SSSR count). The molecule has 0 aliphatic rings. The number of nitrogens with one attached hydrogen (secondary N) is 1. The first-order chi connectivity index (χ1) is 3.41. The van der Waals surface area contributed by atoms with E-state index in [1.165, 1.54) is 0 Å². The predicted octanol–water partition coefficient (Wildman–Crippen LogP) is -4.15. The molecule has 0 saturated heterocycles. The van der Waals surface area contributed by atoms with Gasteiger partial charge in [0.1, 0.15) is 0 Å². The quantitative estimate of drug-likeness (QED) is 0.167. The standard InChI is InChI=1S/2Ca.HNO2.H2O4S.4H/c;;2-1-3;1-5(2,3)4;;;;/h;;1H;(H2,1,2,3,4);;;;. The molecule has 0 amide bonds. The van der Waals surface area contributed by atoms with Crippen LogP contribution in [0.3, 0.4) is 0 Å². The Morgan fingerprint density at radius 1 is 1.20 bits per heavy atom. The first-order valence-corrected chi connectivity index (χ1v) is 2.50. The van der Waals surface area contributed by atoms with Crippen LogP contribution < -0.4 is 5.34 Å². The van der Waals surface area contributed by atoms with Crippen LogP contribution in [0.4, 0.5) is 0 Å². The first kappa shape index (κ1) is 22.6. The molecule has 0 fully saturated rings. The van der Waals surface area contributed by atoms with Crippen molar-refractivity contribution in [3.05, 3.63) is 10.1 Å². The third-order valence-corrected chi connectivity index (χ3v) is 0. The van der Waals surface area contributed by atoms with E-state index in [0.717, 1.165) is 0 Å². The van der Waals surface area contributed by atoms with Crippen LogP contribution in [0, 0.1) is 10.1 Å². The maximum atomic E-state index is 8.74. The van der Waals surface area contributed by atoms with Gasteiger partial charge in [-0.25, -0.2) is 0 Å². The van der Waals surface area contributed by atoms with Crippen LogP contribution in [-0.4, -0.2) is 93.0 Å². The summed E-state index contributed by atoms with van der Waals surface area (Å²) in [5.41, 5.74) is 0. The number of hydrogen-bond acceptors (Lipinski definition) is 4. The molecule has 0 heterocycles. The van der Waals surface area contributed by atoms with Gasteiger partial charge in [-0.2, -0.15) is 8.42 Å². The summed E-state index contributed by atoms with van der Waals surface area (Å²) in [7, 11) is -4.67. The Morgan fingerprint density at radius 2 is 1.20 bits per heavy atom. The minimum atomic E-state index is -4.67. The van der Waals surface area contributed by atoms with E-state index >= 15 is 0 Å². The summed E-state index contributed by atoms with van der Waals surface area (Å²) in [6, 6.07) is 0. The van der Waals surface area contributed by atoms with E-state index in [1.54, 1.807) is 0 Å². The topological polar surface area (TPSA) is 129 Å². The Hall–Kier alpha value is 1.79. The minimum absolute atomic E-state index is 0. The summed E-state index contributed by atoms with van der Waals surface area (Å²) < 4.78 is 31.6. The summed E-state index contributed by atoms with van der Waals surface area (Å²) in [6.07, 6.45) is 0. The molecule has 10 heteroatoms. The average Bonchev–Trinajstić information content (AvgIpc) is 1.27. The van der Waals surface area contributed by atoms with Crippen LogP contribution in [0.2, 0.25) is 0 Å². The normalized spacial score (nSPS) is 7.00. The van der Waals surface area contributed by atoms with Gasteiger partial charge in [0.2, 0.25) is 0 Å². The van der Waals surface area contributed by atoms with Crippen LogP contribution in [-0.2, 0) is 10.4 Å². The second-order valence-electron chi connectivity index (χ2n) is 0.531. The fourth-order valence-corrected chi connectivity index (χ4v) is 0. The zero-order chi connectivity index (χ0) is 7.21. The van der Waals surface area contributed by atoms with Gasteiger partial charge in [0, 0.05) is 5.34 Å². The second kappa shape index (κ2) is 13.4. The third-order valence-electron chi connectivity index (χ3n) is 0. The van der Waals surface area contributed by atoms with Crippen molar-refractivity contribution in [1.82, 2.24) is 0 Å². The van der Waals surface area contributed by atoms with Crippen LogP contribution in [0.5, 0.6) is 0 Å². The molecule has 0 bridgehead atoms. The van der Waals surface area contributed by atoms with Gasteiger partial charge in [-0.15, -0.1) is 0 Å². The van der Waals surface area contributed by atoms with Gasteiger partial charge < -0.3 is 0 Å². The van der Waals surface area contributed by atoms with E-state index in [1.807, 2.05) is 0 Å². The molecular formula is H7Ca2NO6S. The van der Waals surface area contributed by atoms with Crippen molar-refractivity contribution in [2.24, 2.45) is 0 Å². The van der Waals surface area contributed by atoms with E-state index < -0.39 is 10.4 Å². The van der Waals surface area contributed by atoms with Gasteiger partial charge >= 0.3 is 85.9 Å². The fraction of sp³-hybridized carbons (Fsp3) is 0. The third kappa shape index (κ3) is 236. The summed E-state index contributed by atoms with van der Waals surface area (Å²) in [5.74, 6) is 0. The molecule has 0 radical (unpaired) electrons. The number of hydrogen-bond donors (Lipinski definition) is 3. The second-order valence-corrected chi connectivity index (χ2v) is 1.43. The van der Waals surface area contributed by atoms with E-state index in [9.17, 15) is 0 Å². The van der Waals surface area contributed by atoms with Gasteiger partial charge in [0.25, 0.3) is 0 Å². The van der Waals surface area contributed by atoms with Crippen LogP contribution in [0.25, 0.3) is 0 Å². The predicted molar refractivity (Wildman–Crippen MR) is 39.0 cm³/mol. The molecule has 0 aliphatic heterocycles. The molecule has 0 aromatic carbocycles. The maximum absolute atomic E-state index is 8.74. The molecule has 7 nitrogen and oxygen atoms in total. The van der Waals surface area contributed by atoms with Gasteiger partial charge in [-0.3, -0.25) is 19.2 Å². The Labute approximate surface area is 117 Å². The molecular weight excluding hydrogens is 222 g/mol. The molecule has 0 unspecified atom stereocenters. The van der Waals surface area contributed by atoms with Crippen molar-refractivity contribution in [1.29, 1.82) is 0 Å². The molecule has 0 atom stereocenters. The van der Waals surface area contributed by atoms with E-state index in [2.05, 4.69) is 0 Å². The van der Waals surface area contributed by atoms with Gasteiger partial charge in [-0.05, 0) is 0 Å². The van der Waals surface area contributed by atoms with Gasteiger partial charge in [0.15, 0.2) is 0 Å². The number of rotatable bonds is 0. The van der Waals surface area contributed by atoms with E-state index in [4.69, 9.17) is 27.6 Å². The summed E-state index contributed by atoms with van der Waals surface area (Å²) in [6.45, 7) is 0. The van der Waals surface area contributed by atoms with Crippen molar-refractivity contribution in [3.63, 3.8) is 0 Å². The zero-order valence-corrected chi connectivity index (χ0v) is 4.25. The van der Waals surface area contributed by atoms with Crippen molar-refractivity contribution >= 4 is 85.9 Å². The summed E-state index contributed by atoms with van der Waals surface area (Å²) >= 11 is 0. The molecule has 58 valence electrons. The molecule has 3 N–H and O–H groups in total. The van der Waals surface area contributed by atoms with E-state index in [0.29, 0.717) is 0 Å². The Balaban J connectivity index is -0.0000000326. The van der Waals surface area contributed by atoms with Gasteiger partial charge in [-0.1, -0.05) is 0 Å². The van der Waals surface area contributed by atoms with Crippen molar-refractivity contribution in [2.75, 3.05) is 0 Å². The van der Waals surface area contributed by atoms with Crippen molar-refractivity contribution in [2.45, 2.75) is 0 Å². The summed E-state index contributed by atoms with van der Waals surface area (Å²) in [5, 5.41) is 8.38. The Bertz CT molecular complexity index is 130. The molecule has 10 heavy (non-hydrogen) atoms.